The molecule has 46 nitrogen and oxygen atoms in total. The molecule has 0 aliphatic carbocycles. The summed E-state index contributed by atoms with van der Waals surface area (Å²) in [6, 6.07) is -4.37. The van der Waals surface area contributed by atoms with Crippen LogP contribution in [-0.4, -0.2) is 365 Å². The molecule has 0 spiro atoms. The van der Waals surface area contributed by atoms with Crippen LogP contribution in [0.2, 0.25) is 0 Å². The van der Waals surface area contributed by atoms with E-state index in [2.05, 4.69) is 10.6 Å². The van der Waals surface area contributed by atoms with Crippen LogP contribution < -0.4 is 10.6 Å². The van der Waals surface area contributed by atoms with E-state index in [9.17, 15) is 154 Å². The van der Waals surface area contributed by atoms with Crippen molar-refractivity contribution >= 4 is 57.3 Å². The molecule has 25 atom stereocenters. The topological polar surface area (TPSA) is 743 Å². The highest BCUT2D eigenvalue weighted by atomic mass is 31.2. The fourth-order valence-corrected chi connectivity index (χ4v) is 11.6. The number of carbonyl (C=O) groups excluding carboxylic acids is 4. The summed E-state index contributed by atoms with van der Waals surface area (Å²) < 4.78 is 95.8. The highest BCUT2D eigenvalue weighted by Gasteiger charge is 2.63. The number of amides is 2. The quantitative estimate of drug-likeness (QED) is 0.0207. The molecule has 554 valence electrons. The van der Waals surface area contributed by atoms with Gasteiger partial charge >= 0.3 is 45.5 Å². The van der Waals surface area contributed by atoms with Gasteiger partial charge in [0, 0.05) is 32.1 Å². The summed E-state index contributed by atoms with van der Waals surface area (Å²) in [5, 5.41) is 193. The van der Waals surface area contributed by atoms with Gasteiger partial charge in [-0.05, 0) is 0 Å². The smallest absolute Gasteiger partial charge is 0.472 e. The molecule has 24 N–H and O–H groups in total. The Labute approximate surface area is 538 Å². The van der Waals surface area contributed by atoms with Crippen LogP contribution in [0.5, 0.6) is 0 Å². The number of carboxylic acids is 3. The lowest BCUT2D eigenvalue weighted by Crippen LogP contribution is -2.69. The van der Waals surface area contributed by atoms with E-state index in [1.54, 1.807) is 0 Å². The first-order valence-electron chi connectivity index (χ1n) is 28.6. The largest absolute Gasteiger partial charge is 0.477 e. The molecule has 48 heteroatoms. The Bertz CT molecular complexity index is 2710. The fraction of sp³-hybridized carbons (Fsp3) is 0.854. The second kappa shape index (κ2) is 35.2. The lowest BCUT2D eigenvalue weighted by Gasteiger charge is -2.50. The molecule has 0 aromatic rings. The van der Waals surface area contributed by atoms with Gasteiger partial charge in [-0.2, -0.15) is 0 Å². The third-order valence-electron chi connectivity index (χ3n) is 15.1. The molecule has 0 aromatic carbocycles. The van der Waals surface area contributed by atoms with Crippen LogP contribution in [0.3, 0.4) is 0 Å². The normalized spacial score (nSPS) is 36.9. The molecule has 0 saturated carbocycles. The highest BCUT2D eigenvalue weighted by molar-refractivity contribution is 7.46. The van der Waals surface area contributed by atoms with E-state index in [1.807, 2.05) is 0 Å². The summed E-state index contributed by atoms with van der Waals surface area (Å²) in [6.45, 7) is -10.8. The monoisotopic (exact) mass is 1450 g/mol. The van der Waals surface area contributed by atoms with Crippen molar-refractivity contribution in [1.82, 2.24) is 10.6 Å². The van der Waals surface area contributed by atoms with Gasteiger partial charge < -0.3 is 174 Å². The lowest BCUT2D eigenvalue weighted by atomic mass is 9.89. The van der Waals surface area contributed by atoms with Crippen molar-refractivity contribution in [1.29, 1.82) is 0 Å². The molecule has 5 saturated heterocycles. The Balaban J connectivity index is 1.58. The molecule has 5 fully saturated rings. The number of nitrogens with one attached hydrogen (secondary N) is 2. The summed E-state index contributed by atoms with van der Waals surface area (Å²) in [4.78, 5) is 132. The number of carbonyl (C=O) groups is 7. The van der Waals surface area contributed by atoms with E-state index in [1.165, 1.54) is 0 Å². The fourth-order valence-electron chi connectivity index (χ4n) is 10.5. The summed E-state index contributed by atoms with van der Waals surface area (Å²) in [5.74, 6) is -22.4. The van der Waals surface area contributed by atoms with Crippen molar-refractivity contribution in [2.24, 2.45) is 0 Å². The van der Waals surface area contributed by atoms with Crippen molar-refractivity contribution in [3.05, 3.63) is 0 Å². The first-order chi connectivity index (χ1) is 44.8. The number of aliphatic hydroxyl groups is 15. The van der Waals surface area contributed by atoms with Crippen LogP contribution in [0.1, 0.15) is 44.9 Å². The maximum atomic E-state index is 13.7. The zero-order valence-corrected chi connectivity index (χ0v) is 51.5. The van der Waals surface area contributed by atoms with Gasteiger partial charge in [0.1, 0.15) is 91.4 Å². The van der Waals surface area contributed by atoms with E-state index >= 15 is 0 Å². The number of aliphatic hydroxyl groups excluding tert-OH is 15. The number of phosphoric acid groups is 2. The third kappa shape index (κ3) is 20.8. The Hall–Kier alpha value is -4.45. The minimum absolute atomic E-state index is 0.727. The van der Waals surface area contributed by atoms with Crippen LogP contribution in [0.25, 0.3) is 0 Å². The third-order valence-corrected chi connectivity index (χ3v) is 16.1. The van der Waals surface area contributed by atoms with Gasteiger partial charge in [0.25, 0.3) is 17.4 Å². The number of aliphatic carboxylic acids is 3. The molecule has 96 heavy (non-hydrogen) atoms. The van der Waals surface area contributed by atoms with Crippen molar-refractivity contribution in [2.45, 2.75) is 197 Å². The second-order valence-electron chi connectivity index (χ2n) is 22.0. The molecule has 5 aliphatic rings. The molecule has 0 aromatic heterocycles. The molecule has 5 aliphatic heterocycles. The number of esters is 2. The van der Waals surface area contributed by atoms with Crippen molar-refractivity contribution in [2.75, 3.05) is 59.5 Å². The Morgan fingerprint density at radius 1 is 0.490 bits per heavy atom. The number of rotatable bonds is 35. The van der Waals surface area contributed by atoms with Crippen LogP contribution >= 0.6 is 15.6 Å². The lowest BCUT2D eigenvalue weighted by molar-refractivity contribution is -0.380. The van der Waals surface area contributed by atoms with Gasteiger partial charge in [-0.25, -0.2) is 23.5 Å². The molecule has 0 unspecified atom stereocenters. The molecule has 5 heterocycles. The molecular weight excluding hydrogens is 1370 g/mol. The number of phosphoric ester groups is 2. The summed E-state index contributed by atoms with van der Waals surface area (Å²) >= 11 is 0. The van der Waals surface area contributed by atoms with Crippen LogP contribution in [0, 0.1) is 0 Å². The average Bonchev–Trinajstić information content (AvgIpc) is 0.742. The van der Waals surface area contributed by atoms with E-state index in [4.69, 9.17) is 61.2 Å². The molecular formula is C48H78N2O44P2. The molecule has 5 rings (SSSR count). The van der Waals surface area contributed by atoms with E-state index in [0.29, 0.717) is 0 Å². The summed E-state index contributed by atoms with van der Waals surface area (Å²) in [7, 11) is -11.8. The minimum atomic E-state index is -6.07. The van der Waals surface area contributed by atoms with Gasteiger partial charge in [0.15, 0.2) is 24.8 Å². The maximum Gasteiger partial charge on any atom is 0.472 e. The SMILES string of the molecule is O=C(CCO)N[C@H]1[C@H](OC[C@H]2O[C@H](OP(=O)(O)O)[C@H](NC(=O)CCO)[C@@H](OC(=O)CCO)[C@@H]2O)O[C@H](CO[C@]2(C(=O)O)C[C@@H](O[C@]3(C(=O)O)C[C@@H](O)[C@@H](O)[C@@H]([C@H](O)CO[C@]4(C(=O)O)C[C@@H](O)[C@@H](O)[C@@H]([C@H](O)CO)O4)O3)[C@@H](O)[C@@H]([C@H](O)CO)O2)[C@@H](OP(=O)(O)O)[C@@H]1OC(=O)CCO. The Morgan fingerprint density at radius 2 is 0.917 bits per heavy atom. The van der Waals surface area contributed by atoms with Gasteiger partial charge in [-0.3, -0.25) is 28.2 Å². The molecule has 2 amide bonds. The zero-order valence-electron chi connectivity index (χ0n) is 49.7. The standard InChI is InChI=1S/C48H78N2O44P2/c51-5-1-25(62)49-29-39(87-27(64)3-7-53)34(69)23(85-42(29)94-96(79,80)81)15-82-41-30(50-26(63)2-6-52)40(88-28(65)4-8-54)38(93-95(76,77)78)24(86-41)16-84-47(44(72)73)11-22(33(68)36(91-47)20(60)13-56)89-48(45(74)75)10-18(58)32(67)37(92-48)21(61)14-83-46(43(70)71)9-17(57)31(66)35(90-46)19(59)12-55/h17-24,29-42,51-61,66-69H,1-16H2,(H,49,62)(H,50,63)(H,70,71)(H,72,73)(H,74,75)(H2,76,77,78)(H2,79,80,81)/t17-,18-,19-,20-,21-,22-,23-,24-,29-,30-,31-,32-,33-,34-,35-,36-,37-,38-,39-,40-,41-,42-,46-,47-,48-/m1/s1. The predicted molar refractivity (Wildman–Crippen MR) is 288 cm³/mol. The van der Waals surface area contributed by atoms with Gasteiger partial charge in [0.05, 0.1) is 90.6 Å². The maximum absolute atomic E-state index is 13.7. The Kier molecular flexibility index (Phi) is 30.2. The second-order valence-corrected chi connectivity index (χ2v) is 24.4. The van der Waals surface area contributed by atoms with Crippen LogP contribution in [0.15, 0.2) is 0 Å². The van der Waals surface area contributed by atoms with Crippen molar-refractivity contribution in [3.63, 3.8) is 0 Å². The number of hydrogen-bond donors (Lipinski definition) is 24. The summed E-state index contributed by atoms with van der Waals surface area (Å²) in [5.41, 5.74) is 0. The van der Waals surface area contributed by atoms with Crippen molar-refractivity contribution in [3.8, 4) is 0 Å². The summed E-state index contributed by atoms with van der Waals surface area (Å²) in [6.07, 6.45) is -55.5. The number of hydrogen-bond acceptors (Lipinski definition) is 37. The van der Waals surface area contributed by atoms with E-state index < -0.39 is 314 Å². The first kappa shape index (κ1) is 82.2. The van der Waals surface area contributed by atoms with E-state index in [0.717, 1.165) is 0 Å². The van der Waals surface area contributed by atoms with E-state index in [-0.39, 0.29) is 0 Å². The minimum Gasteiger partial charge on any atom is -0.477 e. The predicted octanol–water partition coefficient (Wildman–Crippen LogP) is -13.3. The van der Waals surface area contributed by atoms with Gasteiger partial charge in [-0.1, -0.05) is 0 Å². The van der Waals surface area contributed by atoms with Crippen molar-refractivity contribution < 1.29 is 215 Å². The average molecular weight is 1450 g/mol. The molecule has 0 radical (unpaired) electrons. The first-order valence-corrected chi connectivity index (χ1v) is 31.7. The number of ether oxygens (including phenoxy) is 11. The van der Waals surface area contributed by atoms with Crippen LogP contribution in [-0.2, 0) is 104 Å². The Morgan fingerprint density at radius 3 is 1.39 bits per heavy atom. The number of carboxylic acid groups (broad SMARTS) is 3. The van der Waals surface area contributed by atoms with Gasteiger partial charge in [-0.15, -0.1) is 0 Å². The highest BCUT2D eigenvalue weighted by Crippen LogP contribution is 2.46. The molecule has 0 bridgehead atoms. The van der Waals surface area contributed by atoms with Gasteiger partial charge in [0.2, 0.25) is 11.8 Å². The zero-order chi connectivity index (χ0) is 72.2. The van der Waals surface area contributed by atoms with Crippen LogP contribution in [0.4, 0.5) is 0 Å².